The third kappa shape index (κ3) is 3.20. The van der Waals surface area contributed by atoms with E-state index in [1.54, 1.807) is 4.90 Å². The minimum absolute atomic E-state index is 0.0197. The van der Waals surface area contributed by atoms with E-state index in [1.165, 1.54) is 0 Å². The number of hydrogen-bond acceptors (Lipinski definition) is 4. The maximum Gasteiger partial charge on any atom is 0.322 e. The van der Waals surface area contributed by atoms with Crippen LogP contribution in [0.4, 0.5) is 4.79 Å². The van der Waals surface area contributed by atoms with Crippen LogP contribution >= 0.6 is 0 Å². The Kier molecular flexibility index (Phi) is 4.31. The van der Waals surface area contributed by atoms with Crippen LogP contribution in [0.5, 0.6) is 0 Å². The molecule has 1 aromatic rings. The summed E-state index contributed by atoms with van der Waals surface area (Å²) >= 11 is 0. The molecule has 1 aromatic heterocycles. The van der Waals surface area contributed by atoms with Crippen molar-refractivity contribution in [1.29, 1.82) is 0 Å². The summed E-state index contributed by atoms with van der Waals surface area (Å²) in [5, 5.41) is 4.60. The first-order chi connectivity index (χ1) is 11.1. The lowest BCUT2D eigenvalue weighted by Gasteiger charge is -2.32. The normalized spacial score (nSPS) is 22.1. The third-order valence-corrected chi connectivity index (χ3v) is 4.54. The average molecular weight is 319 g/mol. The minimum Gasteiger partial charge on any atom is -0.343 e. The van der Waals surface area contributed by atoms with Crippen LogP contribution in [0.3, 0.4) is 0 Å². The van der Waals surface area contributed by atoms with E-state index in [-0.39, 0.29) is 12.3 Å². The van der Waals surface area contributed by atoms with Crippen LogP contribution in [0.1, 0.15) is 37.9 Å². The number of aryl methyl sites for hydroxylation is 1. The SMILES string of the molecule is CCn1ccnc1C1CCN(C(=O)C[C@@H]2NC(=O)NC2=O)CC1. The predicted octanol–water partition coefficient (Wildman–Crippen LogP) is 0.207. The second-order valence-electron chi connectivity index (χ2n) is 5.95. The van der Waals surface area contributed by atoms with Crippen molar-refractivity contribution in [2.45, 2.75) is 44.7 Å². The van der Waals surface area contributed by atoms with E-state index in [2.05, 4.69) is 27.1 Å². The van der Waals surface area contributed by atoms with Gasteiger partial charge in [-0.3, -0.25) is 14.9 Å². The van der Waals surface area contributed by atoms with Gasteiger partial charge >= 0.3 is 6.03 Å². The Morgan fingerprint density at radius 2 is 2.09 bits per heavy atom. The van der Waals surface area contributed by atoms with E-state index in [9.17, 15) is 14.4 Å². The van der Waals surface area contributed by atoms with Crippen LogP contribution < -0.4 is 10.6 Å². The van der Waals surface area contributed by atoms with Crippen molar-refractivity contribution in [1.82, 2.24) is 25.1 Å². The second kappa shape index (κ2) is 6.39. The van der Waals surface area contributed by atoms with Gasteiger partial charge in [-0.05, 0) is 19.8 Å². The molecular weight excluding hydrogens is 298 g/mol. The molecule has 2 N–H and O–H groups in total. The molecule has 8 nitrogen and oxygen atoms in total. The quantitative estimate of drug-likeness (QED) is 0.775. The number of urea groups is 1. The number of nitrogens with zero attached hydrogens (tertiary/aromatic N) is 3. The molecule has 0 radical (unpaired) electrons. The number of nitrogens with one attached hydrogen (secondary N) is 2. The number of carbonyl (C=O) groups excluding carboxylic acids is 3. The minimum atomic E-state index is -0.744. The van der Waals surface area contributed by atoms with Gasteiger partial charge in [0.05, 0.1) is 6.42 Å². The molecule has 3 rings (SSSR count). The molecule has 2 aliphatic rings. The molecule has 2 saturated heterocycles. The second-order valence-corrected chi connectivity index (χ2v) is 5.95. The Balaban J connectivity index is 1.53. The Hall–Kier alpha value is -2.38. The lowest BCUT2D eigenvalue weighted by Crippen LogP contribution is -2.42. The summed E-state index contributed by atoms with van der Waals surface area (Å²) in [6, 6.07) is -1.27. The van der Waals surface area contributed by atoms with Crippen molar-refractivity contribution >= 4 is 17.8 Å². The summed E-state index contributed by atoms with van der Waals surface area (Å²) in [7, 11) is 0. The average Bonchev–Trinajstić information content (AvgIpc) is 3.14. The molecule has 0 saturated carbocycles. The Bertz CT molecular complexity index is 618. The van der Waals surface area contributed by atoms with Crippen LogP contribution in [-0.4, -0.2) is 51.4 Å². The first-order valence-electron chi connectivity index (χ1n) is 7.98. The van der Waals surface area contributed by atoms with Gasteiger partial charge < -0.3 is 14.8 Å². The maximum absolute atomic E-state index is 12.3. The summed E-state index contributed by atoms with van der Waals surface area (Å²) in [6.07, 6.45) is 5.55. The fourth-order valence-electron chi connectivity index (χ4n) is 3.24. The van der Waals surface area contributed by atoms with Crippen LogP contribution in [-0.2, 0) is 16.1 Å². The lowest BCUT2D eigenvalue weighted by atomic mass is 9.95. The first kappa shape index (κ1) is 15.5. The topological polar surface area (TPSA) is 96.3 Å². The van der Waals surface area contributed by atoms with Gasteiger partial charge in [0.15, 0.2) is 0 Å². The molecule has 0 spiro atoms. The monoisotopic (exact) mass is 319 g/mol. The summed E-state index contributed by atoms with van der Waals surface area (Å²) in [5.41, 5.74) is 0. The lowest BCUT2D eigenvalue weighted by molar-refractivity contribution is -0.134. The highest BCUT2D eigenvalue weighted by Crippen LogP contribution is 2.27. The van der Waals surface area contributed by atoms with Crippen LogP contribution in [0, 0.1) is 0 Å². The highest BCUT2D eigenvalue weighted by atomic mass is 16.2. The molecule has 1 atom stereocenters. The van der Waals surface area contributed by atoms with Crippen molar-refractivity contribution in [3.05, 3.63) is 18.2 Å². The predicted molar refractivity (Wildman–Crippen MR) is 81.5 cm³/mol. The standard InChI is InChI=1S/C15H21N5O3/c1-2-19-8-5-16-13(19)10-3-6-20(7-4-10)12(21)9-11-14(22)18-15(23)17-11/h5,8,10-11H,2-4,6-7,9H2,1H3,(H2,17,18,22,23)/t11-/m0/s1. The van der Waals surface area contributed by atoms with Crippen LogP contribution in [0.2, 0.25) is 0 Å². The molecule has 2 fully saturated rings. The van der Waals surface area contributed by atoms with Crippen molar-refractivity contribution in [3.63, 3.8) is 0 Å². The Morgan fingerprint density at radius 1 is 1.35 bits per heavy atom. The van der Waals surface area contributed by atoms with Crippen molar-refractivity contribution in [2.75, 3.05) is 13.1 Å². The number of likely N-dealkylation sites (tertiary alicyclic amines) is 1. The number of rotatable bonds is 4. The van der Waals surface area contributed by atoms with E-state index >= 15 is 0 Å². The van der Waals surface area contributed by atoms with Crippen molar-refractivity contribution < 1.29 is 14.4 Å². The summed E-state index contributed by atoms with van der Waals surface area (Å²) in [5.74, 6) is 0.929. The Labute approximate surface area is 134 Å². The molecule has 124 valence electrons. The molecule has 0 bridgehead atoms. The molecule has 0 unspecified atom stereocenters. The number of imide groups is 1. The summed E-state index contributed by atoms with van der Waals surface area (Å²) in [6.45, 7) is 4.29. The van der Waals surface area contributed by atoms with E-state index in [0.29, 0.717) is 19.0 Å². The summed E-state index contributed by atoms with van der Waals surface area (Å²) in [4.78, 5) is 41.1. The zero-order valence-corrected chi connectivity index (χ0v) is 13.1. The van der Waals surface area contributed by atoms with Gasteiger partial charge in [-0.2, -0.15) is 0 Å². The highest BCUT2D eigenvalue weighted by Gasteiger charge is 2.34. The van der Waals surface area contributed by atoms with Crippen molar-refractivity contribution in [3.8, 4) is 0 Å². The number of carbonyl (C=O) groups is 3. The van der Waals surface area contributed by atoms with E-state index < -0.39 is 18.0 Å². The van der Waals surface area contributed by atoms with E-state index in [0.717, 1.165) is 25.2 Å². The van der Waals surface area contributed by atoms with Gasteiger partial charge in [0.25, 0.3) is 5.91 Å². The molecule has 0 aliphatic carbocycles. The van der Waals surface area contributed by atoms with Gasteiger partial charge in [-0.15, -0.1) is 0 Å². The molecule has 8 heteroatoms. The number of amides is 4. The van der Waals surface area contributed by atoms with Crippen molar-refractivity contribution in [2.24, 2.45) is 0 Å². The number of imidazole rings is 1. The fourth-order valence-corrected chi connectivity index (χ4v) is 3.24. The molecule has 4 amide bonds. The number of hydrogen-bond donors (Lipinski definition) is 2. The van der Waals surface area contributed by atoms with E-state index in [4.69, 9.17) is 0 Å². The van der Waals surface area contributed by atoms with Gasteiger partial charge in [0, 0.05) is 37.9 Å². The van der Waals surface area contributed by atoms with Gasteiger partial charge in [0.2, 0.25) is 5.91 Å². The largest absolute Gasteiger partial charge is 0.343 e. The van der Waals surface area contributed by atoms with Gasteiger partial charge in [0.1, 0.15) is 11.9 Å². The smallest absolute Gasteiger partial charge is 0.322 e. The molecular formula is C15H21N5O3. The fraction of sp³-hybridized carbons (Fsp3) is 0.600. The zero-order valence-electron chi connectivity index (χ0n) is 13.1. The maximum atomic E-state index is 12.3. The number of piperidine rings is 1. The molecule has 2 aliphatic heterocycles. The first-order valence-corrected chi connectivity index (χ1v) is 7.98. The van der Waals surface area contributed by atoms with E-state index in [1.807, 2.05) is 12.4 Å². The summed E-state index contributed by atoms with van der Waals surface area (Å²) < 4.78 is 2.14. The van der Waals surface area contributed by atoms with Crippen LogP contribution in [0.25, 0.3) is 0 Å². The van der Waals surface area contributed by atoms with Gasteiger partial charge in [-0.25, -0.2) is 9.78 Å². The molecule has 3 heterocycles. The molecule has 23 heavy (non-hydrogen) atoms. The zero-order chi connectivity index (χ0) is 16.4. The van der Waals surface area contributed by atoms with Crippen LogP contribution in [0.15, 0.2) is 12.4 Å². The highest BCUT2D eigenvalue weighted by molar-refractivity contribution is 6.05. The Morgan fingerprint density at radius 3 is 2.70 bits per heavy atom. The third-order valence-electron chi connectivity index (χ3n) is 4.54. The number of aromatic nitrogens is 2. The molecule has 0 aromatic carbocycles. The van der Waals surface area contributed by atoms with Gasteiger partial charge in [-0.1, -0.05) is 0 Å².